The molecule has 0 aliphatic carbocycles. The van der Waals surface area contributed by atoms with Gasteiger partial charge in [-0.2, -0.15) is 5.26 Å². The largest absolute Gasteiger partial charge is 0.426 e. The molecule has 0 bridgehead atoms. The topological polar surface area (TPSA) is 107 Å². The maximum Gasteiger partial charge on any atom is 0.426 e. The summed E-state index contributed by atoms with van der Waals surface area (Å²) in [6, 6.07) is 1.57. The van der Waals surface area contributed by atoms with Crippen LogP contribution in [0.25, 0.3) is 0 Å². The maximum atomic E-state index is 13.0. The average Bonchev–Trinajstić information content (AvgIpc) is 2.69. The Morgan fingerprint density at radius 3 is 2.41 bits per heavy atom. The monoisotopic (exact) mass is 409 g/mol. The van der Waals surface area contributed by atoms with Crippen molar-refractivity contribution in [2.75, 3.05) is 45.9 Å². The number of amides is 2. The molecule has 0 aromatic rings. The summed E-state index contributed by atoms with van der Waals surface area (Å²) in [4.78, 5) is 32.9. The normalized spacial score (nSPS) is 21.2. The van der Waals surface area contributed by atoms with Crippen LogP contribution < -0.4 is 10.6 Å². The van der Waals surface area contributed by atoms with Crippen LogP contribution in [0.5, 0.6) is 0 Å². The van der Waals surface area contributed by atoms with E-state index in [1.165, 1.54) is 5.06 Å². The van der Waals surface area contributed by atoms with Gasteiger partial charge in [-0.1, -0.05) is 20.8 Å². The lowest BCUT2D eigenvalue weighted by Gasteiger charge is -2.38. The molecule has 2 amide bonds. The molecule has 2 heterocycles. The Hall–Kier alpha value is -1.89. The first-order chi connectivity index (χ1) is 13.9. The minimum atomic E-state index is -0.883. The third kappa shape index (κ3) is 7.46. The molecule has 2 aliphatic rings. The van der Waals surface area contributed by atoms with Gasteiger partial charge in [-0.25, -0.2) is 4.79 Å². The van der Waals surface area contributed by atoms with Crippen LogP contribution in [0.2, 0.25) is 0 Å². The number of nitrogens with zero attached hydrogens (tertiary/aromatic N) is 3. The number of hydrogen-bond donors (Lipinski definition) is 2. The number of morpholine rings is 1. The molecule has 0 aromatic heterocycles. The van der Waals surface area contributed by atoms with Gasteiger partial charge in [0.15, 0.2) is 0 Å². The zero-order chi connectivity index (χ0) is 21.3. The highest BCUT2D eigenvalue weighted by atomic mass is 16.7. The summed E-state index contributed by atoms with van der Waals surface area (Å²) >= 11 is 0. The summed E-state index contributed by atoms with van der Waals surface area (Å²) in [5.74, 6) is -0.137. The smallest absolute Gasteiger partial charge is 0.379 e. The molecule has 1 atom stereocenters. The lowest BCUT2D eigenvalue weighted by Crippen LogP contribution is -2.59. The van der Waals surface area contributed by atoms with Crippen LogP contribution in [0, 0.1) is 17.2 Å². The lowest BCUT2D eigenvalue weighted by molar-refractivity contribution is -0.147. The van der Waals surface area contributed by atoms with Gasteiger partial charge in [0.25, 0.3) is 0 Å². The van der Waals surface area contributed by atoms with Crippen LogP contribution in [-0.2, 0) is 14.4 Å². The number of ether oxygens (including phenoxy) is 1. The average molecular weight is 410 g/mol. The minimum absolute atomic E-state index is 0.193. The SMILES string of the molecule is CCCN1CCC(C#N)(NC(=O)C(CC(C)C)NC(=O)ON2CCOCC2)CC1. The Labute approximate surface area is 173 Å². The number of piperidine rings is 1. The first-order valence-corrected chi connectivity index (χ1v) is 10.6. The van der Waals surface area contributed by atoms with Gasteiger partial charge in [-0.3, -0.25) is 4.79 Å². The summed E-state index contributed by atoms with van der Waals surface area (Å²) in [5.41, 5.74) is -0.883. The van der Waals surface area contributed by atoms with Crippen LogP contribution in [0.3, 0.4) is 0 Å². The molecule has 2 fully saturated rings. The molecule has 2 saturated heterocycles. The Bertz CT molecular complexity index is 578. The van der Waals surface area contributed by atoms with Crippen LogP contribution >= 0.6 is 0 Å². The van der Waals surface area contributed by atoms with Crippen molar-refractivity contribution in [3.63, 3.8) is 0 Å². The molecule has 9 heteroatoms. The second kappa shape index (κ2) is 11.3. The van der Waals surface area contributed by atoms with E-state index in [0.29, 0.717) is 45.6 Å². The van der Waals surface area contributed by atoms with Gasteiger partial charge in [-0.05, 0) is 38.1 Å². The molecular weight excluding hydrogens is 374 g/mol. The molecule has 0 radical (unpaired) electrons. The second-order valence-electron chi connectivity index (χ2n) is 8.27. The second-order valence-corrected chi connectivity index (χ2v) is 8.27. The first kappa shape index (κ1) is 23.4. The van der Waals surface area contributed by atoms with Gasteiger partial charge in [-0.15, -0.1) is 5.06 Å². The molecule has 2 N–H and O–H groups in total. The number of carbonyl (C=O) groups excluding carboxylic acids is 2. The van der Waals surface area contributed by atoms with E-state index in [1.54, 1.807) is 0 Å². The molecule has 2 rings (SSSR count). The maximum absolute atomic E-state index is 13.0. The van der Waals surface area contributed by atoms with Gasteiger partial charge >= 0.3 is 6.09 Å². The summed E-state index contributed by atoms with van der Waals surface area (Å²) in [7, 11) is 0. The third-order valence-corrected chi connectivity index (χ3v) is 5.32. The van der Waals surface area contributed by atoms with Crippen molar-refractivity contribution in [2.45, 2.75) is 58.0 Å². The Morgan fingerprint density at radius 2 is 1.86 bits per heavy atom. The van der Waals surface area contributed by atoms with Gasteiger partial charge in [0, 0.05) is 13.1 Å². The van der Waals surface area contributed by atoms with E-state index in [1.807, 2.05) is 13.8 Å². The summed E-state index contributed by atoms with van der Waals surface area (Å²) in [6.07, 6.45) is 2.05. The number of carbonyl (C=O) groups is 2. The fourth-order valence-corrected chi connectivity index (χ4v) is 3.69. The van der Waals surface area contributed by atoms with Crippen LogP contribution in [0.1, 0.15) is 46.5 Å². The van der Waals surface area contributed by atoms with Crippen molar-refractivity contribution in [2.24, 2.45) is 5.92 Å². The van der Waals surface area contributed by atoms with Crippen LogP contribution in [0.4, 0.5) is 4.79 Å². The van der Waals surface area contributed by atoms with E-state index < -0.39 is 17.7 Å². The third-order valence-electron chi connectivity index (χ3n) is 5.32. The number of hydrogen-bond acceptors (Lipinski definition) is 7. The highest BCUT2D eigenvalue weighted by molar-refractivity contribution is 5.86. The first-order valence-electron chi connectivity index (χ1n) is 10.6. The zero-order valence-corrected chi connectivity index (χ0v) is 17.9. The molecule has 1 unspecified atom stereocenters. The highest BCUT2D eigenvalue weighted by Gasteiger charge is 2.38. The van der Waals surface area contributed by atoms with E-state index in [9.17, 15) is 14.9 Å². The van der Waals surface area contributed by atoms with Gasteiger partial charge in [0.2, 0.25) is 5.91 Å². The van der Waals surface area contributed by atoms with E-state index in [0.717, 1.165) is 26.1 Å². The van der Waals surface area contributed by atoms with Crippen LogP contribution in [-0.4, -0.2) is 79.5 Å². The van der Waals surface area contributed by atoms with Gasteiger partial charge < -0.3 is 25.1 Å². The van der Waals surface area contributed by atoms with Crippen molar-refractivity contribution in [3.8, 4) is 6.07 Å². The summed E-state index contributed by atoms with van der Waals surface area (Å²) in [6.45, 7) is 10.7. The highest BCUT2D eigenvalue weighted by Crippen LogP contribution is 2.22. The predicted octanol–water partition coefficient (Wildman–Crippen LogP) is 1.26. The van der Waals surface area contributed by atoms with Gasteiger partial charge in [0.1, 0.15) is 11.6 Å². The van der Waals surface area contributed by atoms with Crippen molar-refractivity contribution < 1.29 is 19.2 Å². The van der Waals surface area contributed by atoms with E-state index in [-0.39, 0.29) is 11.8 Å². The fraction of sp³-hybridized carbons (Fsp3) is 0.850. The lowest BCUT2D eigenvalue weighted by atomic mass is 9.88. The number of rotatable bonds is 8. The molecule has 0 saturated carbocycles. The molecule has 9 nitrogen and oxygen atoms in total. The zero-order valence-electron chi connectivity index (χ0n) is 17.9. The quantitative estimate of drug-likeness (QED) is 0.621. The standard InChI is InChI=1S/C20H35N5O4/c1-4-7-24-8-5-20(15-21,6-9-24)23-18(26)17(14-16(2)3)22-19(27)29-25-10-12-28-13-11-25/h16-17H,4-14H2,1-3H3,(H,22,27)(H,23,26). The van der Waals surface area contributed by atoms with Crippen molar-refractivity contribution in [1.29, 1.82) is 5.26 Å². The number of nitriles is 1. The Morgan fingerprint density at radius 1 is 1.21 bits per heavy atom. The van der Waals surface area contributed by atoms with Crippen molar-refractivity contribution >= 4 is 12.0 Å². The molecule has 0 spiro atoms. The summed E-state index contributed by atoms with van der Waals surface area (Å²) < 4.78 is 5.23. The molecule has 2 aliphatic heterocycles. The Kier molecular flexibility index (Phi) is 9.14. The van der Waals surface area contributed by atoms with Crippen LogP contribution in [0.15, 0.2) is 0 Å². The predicted molar refractivity (Wildman–Crippen MR) is 108 cm³/mol. The fourth-order valence-electron chi connectivity index (χ4n) is 3.69. The van der Waals surface area contributed by atoms with Gasteiger partial charge in [0.05, 0.1) is 32.4 Å². The number of hydroxylamine groups is 2. The number of nitrogens with one attached hydrogen (secondary N) is 2. The van der Waals surface area contributed by atoms with E-state index in [4.69, 9.17) is 9.57 Å². The number of likely N-dealkylation sites (tertiary alicyclic amines) is 1. The molecule has 29 heavy (non-hydrogen) atoms. The molecule has 164 valence electrons. The van der Waals surface area contributed by atoms with E-state index in [2.05, 4.69) is 28.5 Å². The minimum Gasteiger partial charge on any atom is -0.379 e. The van der Waals surface area contributed by atoms with Crippen molar-refractivity contribution in [1.82, 2.24) is 20.6 Å². The molecule has 0 aromatic carbocycles. The summed E-state index contributed by atoms with van der Waals surface area (Å²) in [5, 5.41) is 16.9. The van der Waals surface area contributed by atoms with Crippen molar-refractivity contribution in [3.05, 3.63) is 0 Å². The van der Waals surface area contributed by atoms with E-state index >= 15 is 0 Å². The Balaban J connectivity index is 1.94. The molecular formula is C20H35N5O4.